The molecule has 0 atom stereocenters. The van der Waals surface area contributed by atoms with Crippen LogP contribution in [0.25, 0.3) is 0 Å². The number of aliphatic imine (C=N–C) groups is 1. The van der Waals surface area contributed by atoms with E-state index in [2.05, 4.69) is 34.3 Å². The van der Waals surface area contributed by atoms with Gasteiger partial charge in [0.1, 0.15) is 12.3 Å². The maximum absolute atomic E-state index is 5.81. The molecule has 0 amide bonds. The monoisotopic (exact) mass is 258 g/mol. The van der Waals surface area contributed by atoms with Crippen molar-refractivity contribution in [3.63, 3.8) is 0 Å². The molecule has 100 valence electrons. The molecule has 0 spiro atoms. The van der Waals surface area contributed by atoms with Gasteiger partial charge in [-0.3, -0.25) is 0 Å². The van der Waals surface area contributed by atoms with E-state index in [9.17, 15) is 0 Å². The summed E-state index contributed by atoms with van der Waals surface area (Å²) >= 11 is 0. The average Bonchev–Trinajstić information content (AvgIpc) is 2.83. The Hall–Kier alpha value is -2.30. The first-order chi connectivity index (χ1) is 9.17. The van der Waals surface area contributed by atoms with Gasteiger partial charge >= 0.3 is 0 Å². The smallest absolute Gasteiger partial charge is 0.193 e. The van der Waals surface area contributed by atoms with Crippen LogP contribution >= 0.6 is 0 Å². The molecule has 1 aromatic heterocycles. The SMILES string of the molecule is CCc1ccc(NC(N)=NCc2cnc(C)o2)cc1. The lowest BCUT2D eigenvalue weighted by Crippen LogP contribution is -2.22. The van der Waals surface area contributed by atoms with Gasteiger partial charge in [-0.2, -0.15) is 0 Å². The van der Waals surface area contributed by atoms with Gasteiger partial charge in [0.15, 0.2) is 11.9 Å². The second-order valence-corrected chi connectivity index (χ2v) is 4.22. The third kappa shape index (κ3) is 3.84. The molecule has 1 aromatic carbocycles. The van der Waals surface area contributed by atoms with Gasteiger partial charge in [-0.1, -0.05) is 19.1 Å². The number of nitrogens with one attached hydrogen (secondary N) is 1. The standard InChI is InChI=1S/C14H18N4O/c1-3-11-4-6-12(7-5-11)18-14(15)17-9-13-8-16-10(2)19-13/h4-8H,3,9H2,1-2H3,(H3,15,17,18). The largest absolute Gasteiger partial charge is 0.444 e. The van der Waals surface area contributed by atoms with Crippen LogP contribution in [-0.4, -0.2) is 10.9 Å². The average molecular weight is 258 g/mol. The summed E-state index contributed by atoms with van der Waals surface area (Å²) in [5, 5.41) is 3.04. The van der Waals surface area contributed by atoms with E-state index >= 15 is 0 Å². The number of guanidine groups is 1. The molecule has 3 N–H and O–H groups in total. The van der Waals surface area contributed by atoms with Crippen molar-refractivity contribution in [2.24, 2.45) is 10.7 Å². The minimum absolute atomic E-state index is 0.360. The molecular weight excluding hydrogens is 240 g/mol. The quantitative estimate of drug-likeness (QED) is 0.652. The van der Waals surface area contributed by atoms with E-state index in [1.165, 1.54) is 5.56 Å². The highest BCUT2D eigenvalue weighted by Gasteiger charge is 1.99. The molecule has 1 heterocycles. The fourth-order valence-corrected chi connectivity index (χ4v) is 1.65. The highest BCUT2D eigenvalue weighted by molar-refractivity contribution is 5.92. The van der Waals surface area contributed by atoms with Gasteiger partial charge in [0.25, 0.3) is 0 Å². The van der Waals surface area contributed by atoms with E-state index in [4.69, 9.17) is 10.2 Å². The second kappa shape index (κ2) is 6.04. The Balaban J connectivity index is 1.93. The third-order valence-corrected chi connectivity index (χ3v) is 2.71. The Morgan fingerprint density at radius 3 is 2.68 bits per heavy atom. The van der Waals surface area contributed by atoms with Crippen molar-refractivity contribution in [3.8, 4) is 0 Å². The van der Waals surface area contributed by atoms with Crippen LogP contribution in [-0.2, 0) is 13.0 Å². The fourth-order valence-electron chi connectivity index (χ4n) is 1.65. The van der Waals surface area contributed by atoms with Crippen molar-refractivity contribution in [1.82, 2.24) is 4.98 Å². The van der Waals surface area contributed by atoms with E-state index < -0.39 is 0 Å². The van der Waals surface area contributed by atoms with Crippen LogP contribution in [0.15, 0.2) is 39.9 Å². The first kappa shape index (κ1) is 13.1. The van der Waals surface area contributed by atoms with Crippen molar-refractivity contribution >= 4 is 11.6 Å². The highest BCUT2D eigenvalue weighted by Crippen LogP contribution is 2.10. The van der Waals surface area contributed by atoms with Gasteiger partial charge in [0.05, 0.1) is 6.20 Å². The predicted octanol–water partition coefficient (Wildman–Crippen LogP) is 2.47. The minimum Gasteiger partial charge on any atom is -0.444 e. The molecule has 0 fully saturated rings. The normalized spacial score (nSPS) is 11.6. The Kier molecular flexibility index (Phi) is 4.18. The Bertz CT molecular complexity index is 557. The zero-order chi connectivity index (χ0) is 13.7. The molecule has 2 rings (SSSR count). The van der Waals surface area contributed by atoms with Crippen molar-refractivity contribution in [3.05, 3.63) is 47.7 Å². The number of benzene rings is 1. The lowest BCUT2D eigenvalue weighted by Gasteiger charge is -2.05. The maximum atomic E-state index is 5.81. The zero-order valence-electron chi connectivity index (χ0n) is 11.2. The van der Waals surface area contributed by atoms with Gasteiger partial charge in [-0.05, 0) is 24.1 Å². The molecule has 0 radical (unpaired) electrons. The summed E-state index contributed by atoms with van der Waals surface area (Å²) in [5.74, 6) is 1.69. The van der Waals surface area contributed by atoms with Crippen LogP contribution in [0.4, 0.5) is 5.69 Å². The molecule has 2 aromatic rings. The van der Waals surface area contributed by atoms with Gasteiger partial charge in [-0.25, -0.2) is 9.98 Å². The van der Waals surface area contributed by atoms with E-state index in [1.807, 2.05) is 12.1 Å². The Morgan fingerprint density at radius 2 is 2.11 bits per heavy atom. The summed E-state index contributed by atoms with van der Waals surface area (Å²) in [6, 6.07) is 8.10. The molecule has 0 unspecified atom stereocenters. The summed E-state index contributed by atoms with van der Waals surface area (Å²) in [6.07, 6.45) is 2.68. The summed E-state index contributed by atoms with van der Waals surface area (Å²) < 4.78 is 5.31. The molecule has 0 aliphatic heterocycles. The van der Waals surface area contributed by atoms with E-state index in [-0.39, 0.29) is 0 Å². The van der Waals surface area contributed by atoms with Gasteiger partial charge < -0.3 is 15.5 Å². The highest BCUT2D eigenvalue weighted by atomic mass is 16.4. The molecule has 0 bridgehead atoms. The van der Waals surface area contributed by atoms with Crippen molar-refractivity contribution in [2.75, 3.05) is 5.32 Å². The lowest BCUT2D eigenvalue weighted by atomic mass is 10.1. The molecule has 0 saturated carbocycles. The minimum atomic E-state index is 0.360. The van der Waals surface area contributed by atoms with E-state index in [1.54, 1.807) is 13.1 Å². The molecular formula is C14H18N4O. The predicted molar refractivity (Wildman–Crippen MR) is 76.0 cm³/mol. The zero-order valence-corrected chi connectivity index (χ0v) is 11.2. The summed E-state index contributed by atoms with van der Waals surface area (Å²) in [6.45, 7) is 4.30. The number of aromatic nitrogens is 1. The van der Waals surface area contributed by atoms with Crippen LogP contribution in [0.1, 0.15) is 24.1 Å². The summed E-state index contributed by atoms with van der Waals surface area (Å²) in [5.41, 5.74) is 8.02. The molecule has 0 saturated heterocycles. The molecule has 5 heteroatoms. The summed E-state index contributed by atoms with van der Waals surface area (Å²) in [7, 11) is 0. The maximum Gasteiger partial charge on any atom is 0.193 e. The number of oxazole rings is 1. The topological polar surface area (TPSA) is 76.4 Å². The van der Waals surface area contributed by atoms with E-state index in [0.717, 1.165) is 12.1 Å². The first-order valence-corrected chi connectivity index (χ1v) is 6.24. The Morgan fingerprint density at radius 1 is 1.37 bits per heavy atom. The lowest BCUT2D eigenvalue weighted by molar-refractivity contribution is 0.477. The summed E-state index contributed by atoms with van der Waals surface area (Å²) in [4.78, 5) is 8.20. The number of anilines is 1. The first-order valence-electron chi connectivity index (χ1n) is 6.24. The van der Waals surface area contributed by atoms with E-state index in [0.29, 0.717) is 24.2 Å². The molecule has 0 aliphatic rings. The number of hydrogen-bond acceptors (Lipinski definition) is 3. The Labute approximate surface area is 112 Å². The van der Waals surface area contributed by atoms with Crippen LogP contribution < -0.4 is 11.1 Å². The second-order valence-electron chi connectivity index (χ2n) is 4.22. The van der Waals surface area contributed by atoms with Crippen LogP contribution in [0.2, 0.25) is 0 Å². The van der Waals surface area contributed by atoms with Crippen LogP contribution in [0.5, 0.6) is 0 Å². The van der Waals surface area contributed by atoms with Crippen molar-refractivity contribution in [1.29, 1.82) is 0 Å². The number of rotatable bonds is 4. The van der Waals surface area contributed by atoms with Gasteiger partial charge in [0.2, 0.25) is 0 Å². The molecule has 0 aliphatic carbocycles. The van der Waals surface area contributed by atoms with Crippen molar-refractivity contribution in [2.45, 2.75) is 26.8 Å². The number of nitrogens with zero attached hydrogens (tertiary/aromatic N) is 2. The van der Waals surface area contributed by atoms with Gasteiger partial charge in [-0.15, -0.1) is 0 Å². The van der Waals surface area contributed by atoms with Crippen LogP contribution in [0.3, 0.4) is 0 Å². The van der Waals surface area contributed by atoms with Crippen molar-refractivity contribution < 1.29 is 4.42 Å². The third-order valence-electron chi connectivity index (χ3n) is 2.71. The van der Waals surface area contributed by atoms with Gasteiger partial charge in [0, 0.05) is 12.6 Å². The molecule has 5 nitrogen and oxygen atoms in total. The van der Waals surface area contributed by atoms with Crippen LogP contribution in [0, 0.1) is 6.92 Å². The fraction of sp³-hybridized carbons (Fsp3) is 0.286. The molecule has 19 heavy (non-hydrogen) atoms. The number of hydrogen-bond donors (Lipinski definition) is 2. The number of nitrogens with two attached hydrogens (primary N) is 1. The number of aryl methyl sites for hydroxylation is 2.